The fourth-order valence-corrected chi connectivity index (χ4v) is 3.22. The number of rotatable bonds is 2. The van der Waals surface area contributed by atoms with E-state index < -0.39 is 15.9 Å². The molecule has 1 amide bonds. The van der Waals surface area contributed by atoms with Crippen molar-refractivity contribution in [3.8, 4) is 0 Å². The highest BCUT2D eigenvalue weighted by molar-refractivity contribution is 9.10. The third-order valence-electron chi connectivity index (χ3n) is 2.43. The van der Waals surface area contributed by atoms with E-state index in [9.17, 15) is 13.2 Å². The number of hydrogen-bond donors (Lipinski definition) is 1. The molecule has 0 aliphatic carbocycles. The molecule has 1 N–H and O–H groups in total. The van der Waals surface area contributed by atoms with Gasteiger partial charge in [0.25, 0.3) is 5.91 Å². The lowest BCUT2D eigenvalue weighted by Crippen LogP contribution is -2.35. The van der Waals surface area contributed by atoms with Gasteiger partial charge in [0.1, 0.15) is 0 Å². The van der Waals surface area contributed by atoms with E-state index in [0.29, 0.717) is 15.1 Å². The van der Waals surface area contributed by atoms with Gasteiger partial charge in [-0.05, 0) is 40.2 Å². The lowest BCUT2D eigenvalue weighted by Gasteiger charge is -2.10. The molecule has 0 saturated heterocycles. The van der Waals surface area contributed by atoms with E-state index >= 15 is 0 Å². The number of benzene rings is 1. The molecule has 1 aromatic carbocycles. The predicted molar refractivity (Wildman–Crippen MR) is 73.3 cm³/mol. The summed E-state index contributed by atoms with van der Waals surface area (Å²) in [6.07, 6.45) is 1.47. The topological polar surface area (TPSA) is 63.2 Å². The van der Waals surface area contributed by atoms with E-state index in [1.165, 1.54) is 12.1 Å². The molecule has 1 heterocycles. The zero-order valence-electron chi connectivity index (χ0n) is 9.06. The first-order valence-electron chi connectivity index (χ1n) is 5.04. The van der Waals surface area contributed by atoms with Gasteiger partial charge in [0.15, 0.2) is 9.84 Å². The maximum atomic E-state index is 11.9. The number of amides is 1. The second-order valence-corrected chi connectivity index (χ2v) is 7.06. The highest BCUT2D eigenvalue weighted by atomic mass is 79.9. The second kappa shape index (κ2) is 5.03. The van der Waals surface area contributed by atoms with Crippen molar-refractivity contribution in [2.75, 3.05) is 5.75 Å². The molecule has 0 bridgehead atoms. The van der Waals surface area contributed by atoms with E-state index in [0.717, 1.165) is 5.41 Å². The molecule has 4 nitrogen and oxygen atoms in total. The maximum absolute atomic E-state index is 11.9. The van der Waals surface area contributed by atoms with Gasteiger partial charge in [-0.15, -0.1) is 0 Å². The third-order valence-corrected chi connectivity index (χ3v) is 5.06. The largest absolute Gasteiger partial charge is 0.345 e. The van der Waals surface area contributed by atoms with Crippen LogP contribution in [-0.4, -0.2) is 26.1 Å². The van der Waals surface area contributed by atoms with Crippen LogP contribution >= 0.6 is 27.5 Å². The molecular weight excluding hydrogens is 342 g/mol. The number of nitrogens with one attached hydrogen (secondary N) is 1. The smallest absolute Gasteiger partial charge is 0.251 e. The van der Waals surface area contributed by atoms with Crippen molar-refractivity contribution in [1.29, 1.82) is 0 Å². The Kier molecular flexibility index (Phi) is 3.79. The summed E-state index contributed by atoms with van der Waals surface area (Å²) in [5.74, 6) is -0.445. The number of halogens is 2. The van der Waals surface area contributed by atoms with Gasteiger partial charge in [0.2, 0.25) is 0 Å². The van der Waals surface area contributed by atoms with Gasteiger partial charge in [-0.25, -0.2) is 8.42 Å². The van der Waals surface area contributed by atoms with E-state index in [-0.39, 0.29) is 11.7 Å². The van der Waals surface area contributed by atoms with Gasteiger partial charge in [-0.3, -0.25) is 4.79 Å². The minimum Gasteiger partial charge on any atom is -0.345 e. The average Bonchev–Trinajstić information content (AvgIpc) is 2.62. The Labute approximate surface area is 118 Å². The highest BCUT2D eigenvalue weighted by Gasteiger charge is 2.23. The highest BCUT2D eigenvalue weighted by Crippen LogP contribution is 2.23. The summed E-state index contributed by atoms with van der Waals surface area (Å²) in [5, 5.41) is 4.16. The fraction of sp³-hybridized carbons (Fsp3) is 0.182. The molecule has 0 spiro atoms. The van der Waals surface area contributed by atoms with Crippen molar-refractivity contribution in [3.05, 3.63) is 44.7 Å². The molecule has 96 valence electrons. The van der Waals surface area contributed by atoms with Gasteiger partial charge < -0.3 is 5.32 Å². The standard InChI is InChI=1S/C11H9BrClNO3S/c12-9-2-1-7(5-10(9)13)11(15)14-8-3-4-18(16,17)6-8/h1-5,8H,6H2,(H,14,15). The van der Waals surface area contributed by atoms with Crippen LogP contribution in [0.25, 0.3) is 0 Å². The first kappa shape index (κ1) is 13.6. The van der Waals surface area contributed by atoms with Crippen molar-refractivity contribution >= 4 is 43.3 Å². The molecule has 0 saturated carbocycles. The van der Waals surface area contributed by atoms with Crippen molar-refractivity contribution in [2.45, 2.75) is 6.04 Å². The first-order valence-corrected chi connectivity index (χ1v) is 7.93. The van der Waals surface area contributed by atoms with Crippen LogP contribution in [0.5, 0.6) is 0 Å². The van der Waals surface area contributed by atoms with Crippen LogP contribution < -0.4 is 5.32 Å². The van der Waals surface area contributed by atoms with Crippen LogP contribution in [-0.2, 0) is 9.84 Å². The summed E-state index contributed by atoms with van der Waals surface area (Å²) in [6, 6.07) is 4.32. The quantitative estimate of drug-likeness (QED) is 0.889. The summed E-state index contributed by atoms with van der Waals surface area (Å²) in [6.45, 7) is 0. The summed E-state index contributed by atoms with van der Waals surface area (Å²) in [4.78, 5) is 11.9. The van der Waals surface area contributed by atoms with Gasteiger partial charge in [0, 0.05) is 15.4 Å². The van der Waals surface area contributed by atoms with Crippen LogP contribution in [0.15, 0.2) is 34.2 Å². The molecule has 1 aliphatic rings. The molecule has 0 radical (unpaired) electrons. The van der Waals surface area contributed by atoms with Crippen molar-refractivity contribution in [3.63, 3.8) is 0 Å². The normalized spacial score (nSPS) is 20.9. The molecule has 18 heavy (non-hydrogen) atoms. The van der Waals surface area contributed by atoms with Crippen molar-refractivity contribution in [2.24, 2.45) is 0 Å². The van der Waals surface area contributed by atoms with E-state index in [4.69, 9.17) is 11.6 Å². The summed E-state index contributed by atoms with van der Waals surface area (Å²) in [5.41, 5.74) is 0.390. The van der Waals surface area contributed by atoms with Gasteiger partial charge in [0.05, 0.1) is 16.8 Å². The Balaban J connectivity index is 2.09. The van der Waals surface area contributed by atoms with Gasteiger partial charge in [-0.2, -0.15) is 0 Å². The molecule has 1 unspecified atom stereocenters. The maximum Gasteiger partial charge on any atom is 0.251 e. The Hall–Kier alpha value is -0.850. The summed E-state index contributed by atoms with van der Waals surface area (Å²) >= 11 is 9.11. The third kappa shape index (κ3) is 3.13. The minimum atomic E-state index is -3.17. The molecule has 7 heteroatoms. The zero-order chi connectivity index (χ0) is 13.3. The predicted octanol–water partition coefficient (Wildman–Crippen LogP) is 2.14. The fourth-order valence-electron chi connectivity index (χ4n) is 1.55. The SMILES string of the molecule is O=C(NC1C=CS(=O)(=O)C1)c1ccc(Br)c(Cl)c1. The molecule has 2 rings (SSSR count). The van der Waals surface area contributed by atoms with Crippen molar-refractivity contribution in [1.82, 2.24) is 5.32 Å². The zero-order valence-corrected chi connectivity index (χ0v) is 12.2. The van der Waals surface area contributed by atoms with Crippen molar-refractivity contribution < 1.29 is 13.2 Å². The Morgan fingerprint density at radius 3 is 2.72 bits per heavy atom. The monoisotopic (exact) mass is 349 g/mol. The Morgan fingerprint density at radius 2 is 2.17 bits per heavy atom. The Bertz CT molecular complexity index is 627. The Morgan fingerprint density at radius 1 is 1.44 bits per heavy atom. The number of carbonyl (C=O) groups excluding carboxylic acids is 1. The summed E-state index contributed by atoms with van der Waals surface area (Å²) in [7, 11) is -3.17. The molecule has 0 aromatic heterocycles. The number of sulfone groups is 1. The summed E-state index contributed by atoms with van der Waals surface area (Å²) < 4.78 is 23.1. The minimum absolute atomic E-state index is 0.0942. The molecule has 1 aliphatic heterocycles. The van der Waals surface area contributed by atoms with E-state index in [1.54, 1.807) is 12.1 Å². The molecule has 1 atom stereocenters. The lowest BCUT2D eigenvalue weighted by atomic mass is 10.2. The van der Waals surface area contributed by atoms with Crippen LogP contribution in [0.2, 0.25) is 5.02 Å². The average molecular weight is 351 g/mol. The van der Waals surface area contributed by atoms with Crippen LogP contribution in [0.4, 0.5) is 0 Å². The van der Waals surface area contributed by atoms with Gasteiger partial charge in [-0.1, -0.05) is 11.6 Å². The second-order valence-electron chi connectivity index (χ2n) is 3.87. The van der Waals surface area contributed by atoms with E-state index in [2.05, 4.69) is 21.2 Å². The first-order chi connectivity index (χ1) is 8.37. The van der Waals surface area contributed by atoms with Crippen LogP contribution in [0.3, 0.4) is 0 Å². The molecule has 0 fully saturated rings. The lowest BCUT2D eigenvalue weighted by molar-refractivity contribution is 0.0947. The number of hydrogen-bond acceptors (Lipinski definition) is 3. The molecule has 1 aromatic rings. The molecular formula is C11H9BrClNO3S. The van der Waals surface area contributed by atoms with E-state index in [1.807, 2.05) is 0 Å². The number of carbonyl (C=O) groups is 1. The van der Waals surface area contributed by atoms with Gasteiger partial charge >= 0.3 is 0 Å². The van der Waals surface area contributed by atoms with Crippen LogP contribution in [0.1, 0.15) is 10.4 Å². The van der Waals surface area contributed by atoms with Crippen LogP contribution in [0, 0.1) is 0 Å².